The zero-order valence-corrected chi connectivity index (χ0v) is 10.1. The molecule has 0 aromatic carbocycles. The lowest BCUT2D eigenvalue weighted by molar-refractivity contribution is 0.0370. The number of hydrogen-bond donors (Lipinski definition) is 0. The maximum atomic E-state index is 11.4. The van der Waals surface area contributed by atoms with Crippen LogP contribution in [0.4, 0.5) is 0 Å². The van der Waals surface area contributed by atoms with Gasteiger partial charge in [-0.15, -0.1) is 24.0 Å². The molecule has 0 saturated carbocycles. The number of nitrogens with zero attached hydrogens (tertiary/aromatic N) is 1. The third-order valence-corrected chi connectivity index (χ3v) is 1.77. The highest BCUT2D eigenvalue weighted by Crippen LogP contribution is 2.05. The van der Waals surface area contributed by atoms with Crippen molar-refractivity contribution >= 4 is 30.0 Å². The van der Waals surface area contributed by atoms with Crippen LogP contribution in [0.3, 0.4) is 0 Å². The molecule has 0 amide bonds. The summed E-state index contributed by atoms with van der Waals surface area (Å²) in [5.41, 5.74) is 0.974. The second-order valence-electron chi connectivity index (χ2n) is 3.10. The molecule has 84 valence electrons. The Kier molecular flexibility index (Phi) is 6.29. The van der Waals surface area contributed by atoms with Gasteiger partial charge in [0.25, 0.3) is 0 Å². The summed E-state index contributed by atoms with van der Waals surface area (Å²) >= 11 is 5.59. The number of alkyl halides is 1. The lowest BCUT2D eigenvalue weighted by atomic mass is 10.3. The Labute approximate surface area is 100 Å². The number of ether oxygens (including phenoxy) is 1. The van der Waals surface area contributed by atoms with E-state index in [1.54, 1.807) is 32.0 Å². The summed E-state index contributed by atoms with van der Waals surface area (Å²) in [4.78, 5) is 15.4. The van der Waals surface area contributed by atoms with Gasteiger partial charge < -0.3 is 4.74 Å². The van der Waals surface area contributed by atoms with Crippen molar-refractivity contribution in [3.8, 4) is 0 Å². The van der Waals surface area contributed by atoms with Crippen molar-refractivity contribution in [3.63, 3.8) is 0 Å². The minimum absolute atomic E-state index is 0. The zero-order valence-electron chi connectivity index (χ0n) is 8.57. The fourth-order valence-corrected chi connectivity index (χ4v) is 1.09. The molecular weight excluding hydrogens is 237 g/mol. The van der Waals surface area contributed by atoms with E-state index in [1.807, 2.05) is 0 Å². The van der Waals surface area contributed by atoms with Crippen LogP contribution in [0.15, 0.2) is 18.2 Å². The molecule has 0 aliphatic heterocycles. The van der Waals surface area contributed by atoms with Crippen molar-refractivity contribution < 1.29 is 9.53 Å². The van der Waals surface area contributed by atoms with Gasteiger partial charge in [-0.25, -0.2) is 9.78 Å². The van der Waals surface area contributed by atoms with E-state index in [-0.39, 0.29) is 18.5 Å². The Hall–Kier alpha value is -0.800. The van der Waals surface area contributed by atoms with E-state index in [0.717, 1.165) is 0 Å². The first-order chi connectivity index (χ1) is 6.63. The SMILES string of the molecule is CC(C)OC(=O)c1cccc(CCl)n1.Cl. The van der Waals surface area contributed by atoms with E-state index in [9.17, 15) is 4.79 Å². The second kappa shape index (κ2) is 6.64. The fourth-order valence-electron chi connectivity index (χ4n) is 0.942. The summed E-state index contributed by atoms with van der Waals surface area (Å²) in [5.74, 6) is -0.116. The molecular formula is C10H13Cl2NO2. The number of aromatic nitrogens is 1. The normalized spacial score (nSPS) is 9.60. The number of pyridine rings is 1. The molecule has 0 radical (unpaired) electrons. The molecule has 0 saturated heterocycles. The molecule has 1 heterocycles. The Balaban J connectivity index is 0.00000196. The van der Waals surface area contributed by atoms with Gasteiger partial charge in [-0.05, 0) is 26.0 Å². The van der Waals surface area contributed by atoms with Crippen LogP contribution in [0, 0.1) is 0 Å². The summed E-state index contributed by atoms with van der Waals surface area (Å²) < 4.78 is 4.99. The number of carbonyl (C=O) groups excluding carboxylic acids is 1. The third-order valence-electron chi connectivity index (χ3n) is 1.50. The molecule has 1 rings (SSSR count). The Morgan fingerprint density at radius 3 is 2.73 bits per heavy atom. The predicted molar refractivity (Wildman–Crippen MR) is 61.6 cm³/mol. The second-order valence-corrected chi connectivity index (χ2v) is 3.37. The van der Waals surface area contributed by atoms with Crippen molar-refractivity contribution in [2.24, 2.45) is 0 Å². The van der Waals surface area contributed by atoms with Crippen LogP contribution in [0.5, 0.6) is 0 Å². The van der Waals surface area contributed by atoms with Crippen LogP contribution in [0.1, 0.15) is 30.0 Å². The quantitative estimate of drug-likeness (QED) is 0.611. The van der Waals surface area contributed by atoms with Crippen LogP contribution in [-0.2, 0) is 10.6 Å². The Morgan fingerprint density at radius 2 is 2.20 bits per heavy atom. The first kappa shape index (κ1) is 14.2. The van der Waals surface area contributed by atoms with Gasteiger partial charge in [0.05, 0.1) is 17.7 Å². The van der Waals surface area contributed by atoms with Gasteiger partial charge in [0.15, 0.2) is 0 Å². The highest BCUT2D eigenvalue weighted by atomic mass is 35.5. The van der Waals surface area contributed by atoms with Crippen molar-refractivity contribution in [3.05, 3.63) is 29.6 Å². The summed E-state index contributed by atoms with van der Waals surface area (Å²) in [7, 11) is 0. The first-order valence-electron chi connectivity index (χ1n) is 4.36. The molecule has 1 aromatic rings. The minimum atomic E-state index is -0.410. The summed E-state index contributed by atoms with van der Waals surface area (Å²) in [6.45, 7) is 3.59. The molecule has 0 N–H and O–H groups in total. The average Bonchev–Trinajstić information content (AvgIpc) is 2.17. The monoisotopic (exact) mass is 249 g/mol. The first-order valence-corrected chi connectivity index (χ1v) is 4.90. The molecule has 0 spiro atoms. The van der Waals surface area contributed by atoms with Crippen molar-refractivity contribution in [1.82, 2.24) is 4.98 Å². The third kappa shape index (κ3) is 4.49. The van der Waals surface area contributed by atoms with Crippen LogP contribution < -0.4 is 0 Å². The van der Waals surface area contributed by atoms with Gasteiger partial charge in [0.2, 0.25) is 0 Å². The van der Waals surface area contributed by atoms with E-state index >= 15 is 0 Å². The maximum absolute atomic E-state index is 11.4. The number of rotatable bonds is 3. The highest BCUT2D eigenvalue weighted by molar-refractivity contribution is 6.16. The van der Waals surface area contributed by atoms with Crippen LogP contribution in [-0.4, -0.2) is 17.1 Å². The topological polar surface area (TPSA) is 39.2 Å². The molecule has 1 aromatic heterocycles. The molecule has 0 bridgehead atoms. The number of hydrogen-bond acceptors (Lipinski definition) is 3. The predicted octanol–water partition coefficient (Wildman–Crippen LogP) is 2.81. The molecule has 15 heavy (non-hydrogen) atoms. The smallest absolute Gasteiger partial charge is 0.357 e. The van der Waals surface area contributed by atoms with E-state index in [4.69, 9.17) is 16.3 Å². The minimum Gasteiger partial charge on any atom is -0.458 e. The molecule has 0 unspecified atom stereocenters. The molecule has 3 nitrogen and oxygen atoms in total. The van der Waals surface area contributed by atoms with Crippen LogP contribution in [0.2, 0.25) is 0 Å². The Bertz CT molecular complexity index is 329. The van der Waals surface area contributed by atoms with E-state index in [2.05, 4.69) is 4.98 Å². The van der Waals surface area contributed by atoms with Gasteiger partial charge in [-0.2, -0.15) is 0 Å². The fraction of sp³-hybridized carbons (Fsp3) is 0.400. The summed E-state index contributed by atoms with van der Waals surface area (Å²) in [6, 6.07) is 5.11. The van der Waals surface area contributed by atoms with Crippen molar-refractivity contribution in [2.45, 2.75) is 25.8 Å². The Morgan fingerprint density at radius 1 is 1.53 bits per heavy atom. The number of halogens is 2. The van der Waals surface area contributed by atoms with Gasteiger partial charge in [-0.3, -0.25) is 0 Å². The number of carbonyl (C=O) groups is 1. The zero-order chi connectivity index (χ0) is 10.6. The molecule has 0 aliphatic rings. The lowest BCUT2D eigenvalue weighted by Gasteiger charge is -2.07. The molecule has 0 aliphatic carbocycles. The molecule has 0 fully saturated rings. The lowest BCUT2D eigenvalue weighted by Crippen LogP contribution is -2.13. The average molecular weight is 250 g/mol. The maximum Gasteiger partial charge on any atom is 0.357 e. The highest BCUT2D eigenvalue weighted by Gasteiger charge is 2.10. The number of esters is 1. The van der Waals surface area contributed by atoms with E-state index in [1.165, 1.54) is 0 Å². The van der Waals surface area contributed by atoms with Gasteiger partial charge in [0.1, 0.15) is 5.69 Å². The van der Waals surface area contributed by atoms with Crippen molar-refractivity contribution in [2.75, 3.05) is 0 Å². The van der Waals surface area contributed by atoms with Crippen molar-refractivity contribution in [1.29, 1.82) is 0 Å². The summed E-state index contributed by atoms with van der Waals surface area (Å²) in [6.07, 6.45) is -0.135. The van der Waals surface area contributed by atoms with E-state index < -0.39 is 5.97 Å². The van der Waals surface area contributed by atoms with Gasteiger partial charge in [0, 0.05) is 0 Å². The van der Waals surface area contributed by atoms with E-state index in [0.29, 0.717) is 17.3 Å². The largest absolute Gasteiger partial charge is 0.458 e. The van der Waals surface area contributed by atoms with Gasteiger partial charge in [-0.1, -0.05) is 6.07 Å². The molecule has 5 heteroatoms. The standard InChI is InChI=1S/C10H12ClNO2.ClH/c1-7(2)14-10(13)9-5-3-4-8(6-11)12-9;/h3-5,7H,6H2,1-2H3;1H. The summed E-state index contributed by atoms with van der Waals surface area (Å²) in [5, 5.41) is 0. The van der Waals surface area contributed by atoms with Crippen LogP contribution >= 0.6 is 24.0 Å². The molecule has 0 atom stereocenters. The van der Waals surface area contributed by atoms with Crippen LogP contribution in [0.25, 0.3) is 0 Å². The van der Waals surface area contributed by atoms with Gasteiger partial charge >= 0.3 is 5.97 Å².